The van der Waals surface area contributed by atoms with Gasteiger partial charge in [0.25, 0.3) is 0 Å². The van der Waals surface area contributed by atoms with Crippen LogP contribution in [0.25, 0.3) is 44.1 Å². The van der Waals surface area contributed by atoms with E-state index in [2.05, 4.69) is 48.7 Å². The normalized spacial score (nSPS) is 10.4. The van der Waals surface area contributed by atoms with Crippen molar-refractivity contribution in [3.05, 3.63) is 120 Å². The van der Waals surface area contributed by atoms with Gasteiger partial charge < -0.3 is 23.7 Å². The minimum atomic E-state index is -0.931. The van der Waals surface area contributed by atoms with E-state index in [-0.39, 0.29) is 11.3 Å². The monoisotopic (exact) mass is 678 g/mol. The summed E-state index contributed by atoms with van der Waals surface area (Å²) < 4.78 is 3.39. The van der Waals surface area contributed by atoms with Gasteiger partial charge in [-0.1, -0.05) is 0 Å². The molecule has 0 spiro atoms. The summed E-state index contributed by atoms with van der Waals surface area (Å²) in [7, 11) is 4.89. The highest BCUT2D eigenvalue weighted by Gasteiger charge is 2.12. The summed E-state index contributed by atoms with van der Waals surface area (Å²) in [6.07, 6.45) is 15.0. The predicted molar refractivity (Wildman–Crippen MR) is 190 cm³/mol. The fraction of sp³-hybridized carbons (Fsp3) is 0.0303. The summed E-state index contributed by atoms with van der Waals surface area (Å²) in [6.45, 7) is 1.55. The van der Waals surface area contributed by atoms with Gasteiger partial charge in [0.15, 0.2) is 18.4 Å². The van der Waals surface area contributed by atoms with Gasteiger partial charge in [0.05, 0.1) is 5.56 Å². The highest BCUT2D eigenvalue weighted by molar-refractivity contribution is 7.15. The van der Waals surface area contributed by atoms with Crippen molar-refractivity contribution >= 4 is 87.2 Å². The molecule has 8 aromatic rings. The van der Waals surface area contributed by atoms with E-state index in [1.54, 1.807) is 71.1 Å². The number of pyridine rings is 4. The number of nitrogens with one attached hydrogen (secondary N) is 2. The lowest BCUT2D eigenvalue weighted by Gasteiger charge is -1.91. The van der Waals surface area contributed by atoms with Gasteiger partial charge in [0.2, 0.25) is 0 Å². The van der Waals surface area contributed by atoms with Crippen molar-refractivity contribution in [2.45, 2.75) is 6.92 Å². The molecule has 0 aromatic carbocycles. The van der Waals surface area contributed by atoms with E-state index in [0.717, 1.165) is 45.7 Å². The minimum absolute atomic E-state index is 0.0641. The first-order valence-electron chi connectivity index (χ1n) is 14.1. The molecule has 2 atom stereocenters. The number of rotatable bonds is 4. The number of Topliss-reactive ketones (excluding diaryl/α,β-unsaturated/α-hetero) is 1. The van der Waals surface area contributed by atoms with Crippen LogP contribution in [-0.4, -0.2) is 68.0 Å². The molecule has 0 bridgehead atoms. The number of aromatic carboxylic acids is 1. The van der Waals surface area contributed by atoms with Crippen molar-refractivity contribution < 1.29 is 24.3 Å². The quantitative estimate of drug-likeness (QED) is 0.114. The fourth-order valence-electron chi connectivity index (χ4n) is 4.78. The number of carboxylic acid groups (broad SMARTS) is 1. The number of nitrogens with zero attached hydrogens (tertiary/aromatic N) is 6. The average Bonchev–Trinajstić information content (AvgIpc) is 3.89. The van der Waals surface area contributed by atoms with E-state index in [0.29, 0.717) is 27.7 Å². The summed E-state index contributed by atoms with van der Waals surface area (Å²) in [4.78, 5) is 65.0. The Kier molecular flexibility index (Phi) is 10.5. The number of aromatic nitrogens is 8. The molecule has 0 radical (unpaired) electrons. The van der Waals surface area contributed by atoms with Crippen LogP contribution >= 0.6 is 18.8 Å². The van der Waals surface area contributed by atoms with E-state index >= 15 is 0 Å². The molecule has 0 aliphatic carbocycles. The standard InChI is InChI=1S/C9H8N2O.C8H7N2O2P.C8H7N2OP.C8H6N2O/c1-6(12)8-5-11-9-7(8)3-2-4-10-9;11-8(12)6-4-10(13)7-5(6)2-1-3-9-7;11-5-6-4-10(12)8-7(6)2-1-3-9-8;11-5-6-4-10-8-7(6)2-1-3-9-8/h2-5H,1H3,(H,10,11);1-4H,13H2,(H,11,12);1-5H,12H2;1-5H,(H,9,10). The molecule has 3 N–H and O–H groups in total. The number of fused-ring (bicyclic) bond motifs is 4. The van der Waals surface area contributed by atoms with Crippen LogP contribution in [-0.2, 0) is 0 Å². The fourth-order valence-corrected chi connectivity index (χ4v) is 5.50. The maximum Gasteiger partial charge on any atom is 0.337 e. The SMILES string of the molecule is CC(=O)c1c[nH]c2ncccc12.O=C(O)c1cn(P)c2ncccc12.O=Cc1c[nH]c2ncccc12.O=Cc1cn(P)c2ncccc12. The molecular weight excluding hydrogens is 650 g/mol. The number of hydrogen-bond donors (Lipinski definition) is 3. The highest BCUT2D eigenvalue weighted by atomic mass is 31.0. The molecule has 13 nitrogen and oxygen atoms in total. The molecule has 0 saturated heterocycles. The van der Waals surface area contributed by atoms with Crippen molar-refractivity contribution in [2.75, 3.05) is 0 Å². The van der Waals surface area contributed by atoms with Crippen LogP contribution in [0.1, 0.15) is 48.4 Å². The third kappa shape index (κ3) is 7.23. The number of aromatic amines is 2. The van der Waals surface area contributed by atoms with E-state index in [1.165, 1.54) is 6.20 Å². The van der Waals surface area contributed by atoms with E-state index in [1.807, 2.05) is 36.4 Å². The Morgan fingerprint density at radius 2 is 1.17 bits per heavy atom. The first-order valence-corrected chi connectivity index (χ1v) is 15.2. The van der Waals surface area contributed by atoms with Gasteiger partial charge in [-0.05, 0) is 74.2 Å². The molecule has 15 heteroatoms. The Bertz CT molecular complexity index is 2410. The predicted octanol–water partition coefficient (Wildman–Crippen LogP) is 6.00. The molecule has 8 aromatic heterocycles. The van der Waals surface area contributed by atoms with Crippen molar-refractivity contribution in [3.8, 4) is 0 Å². The molecular formula is C33H28N8O5P2. The largest absolute Gasteiger partial charge is 0.478 e. The van der Waals surface area contributed by atoms with Gasteiger partial charge >= 0.3 is 5.97 Å². The molecule has 240 valence electrons. The second-order valence-electron chi connectivity index (χ2n) is 10.0. The third-order valence-corrected chi connectivity index (χ3v) is 7.80. The van der Waals surface area contributed by atoms with Crippen LogP contribution in [0.15, 0.2) is 98.1 Å². The number of ketones is 1. The lowest BCUT2D eigenvalue weighted by Crippen LogP contribution is -1.93. The summed E-state index contributed by atoms with van der Waals surface area (Å²) in [5, 5.41) is 12.2. The second kappa shape index (κ2) is 15.1. The Morgan fingerprint density at radius 1 is 0.667 bits per heavy atom. The van der Waals surface area contributed by atoms with Crippen molar-refractivity contribution in [1.29, 1.82) is 0 Å². The lowest BCUT2D eigenvalue weighted by molar-refractivity contribution is 0.0698. The number of carbonyl (C=O) groups excluding carboxylic acids is 3. The maximum atomic E-state index is 11.1. The molecule has 8 heterocycles. The minimum Gasteiger partial charge on any atom is -0.478 e. The summed E-state index contributed by atoms with van der Waals surface area (Å²) in [6, 6.07) is 14.5. The van der Waals surface area contributed by atoms with Crippen LogP contribution in [0.4, 0.5) is 0 Å². The van der Waals surface area contributed by atoms with Crippen molar-refractivity contribution in [2.24, 2.45) is 0 Å². The zero-order valence-corrected chi connectivity index (χ0v) is 27.6. The van der Waals surface area contributed by atoms with E-state index in [4.69, 9.17) is 5.11 Å². The van der Waals surface area contributed by atoms with Gasteiger partial charge in [0.1, 0.15) is 22.6 Å². The van der Waals surface area contributed by atoms with Gasteiger partial charge in [0, 0.05) is 87.8 Å². The van der Waals surface area contributed by atoms with Gasteiger partial charge in [-0.3, -0.25) is 14.4 Å². The van der Waals surface area contributed by atoms with Gasteiger partial charge in [-0.15, -0.1) is 0 Å². The highest BCUT2D eigenvalue weighted by Crippen LogP contribution is 2.21. The van der Waals surface area contributed by atoms with Crippen LogP contribution in [0.5, 0.6) is 0 Å². The van der Waals surface area contributed by atoms with E-state index in [9.17, 15) is 19.2 Å². The molecule has 0 amide bonds. The van der Waals surface area contributed by atoms with E-state index < -0.39 is 5.97 Å². The first kappa shape index (κ1) is 33.5. The zero-order valence-electron chi connectivity index (χ0n) is 25.3. The summed E-state index contributed by atoms with van der Waals surface area (Å²) >= 11 is 0. The molecule has 0 fully saturated rings. The second-order valence-corrected chi connectivity index (χ2v) is 11.1. The zero-order chi connectivity index (χ0) is 34.2. The Hall–Kier alpha value is -5.90. The van der Waals surface area contributed by atoms with Crippen LogP contribution in [0, 0.1) is 0 Å². The smallest absolute Gasteiger partial charge is 0.337 e. The van der Waals surface area contributed by atoms with Crippen molar-refractivity contribution in [3.63, 3.8) is 0 Å². The molecule has 8 rings (SSSR count). The summed E-state index contributed by atoms with van der Waals surface area (Å²) in [5.74, 6) is -0.867. The van der Waals surface area contributed by atoms with Crippen molar-refractivity contribution in [1.82, 2.24) is 38.6 Å². The number of hydrogen-bond acceptors (Lipinski definition) is 8. The van der Waals surface area contributed by atoms with Crippen LogP contribution in [0.2, 0.25) is 0 Å². The van der Waals surface area contributed by atoms with Gasteiger partial charge in [-0.25, -0.2) is 24.7 Å². The molecule has 48 heavy (non-hydrogen) atoms. The Balaban J connectivity index is 0.000000125. The summed E-state index contributed by atoms with van der Waals surface area (Å²) in [5.41, 5.74) is 5.31. The molecule has 0 aliphatic rings. The van der Waals surface area contributed by atoms with Crippen LogP contribution in [0.3, 0.4) is 0 Å². The third-order valence-electron chi connectivity index (χ3n) is 7.01. The maximum absolute atomic E-state index is 11.1. The number of H-pyrrole nitrogens is 2. The number of carboxylic acids is 1. The molecule has 0 aliphatic heterocycles. The topological polar surface area (TPSA) is 182 Å². The van der Waals surface area contributed by atoms with Gasteiger partial charge in [-0.2, -0.15) is 0 Å². The average molecular weight is 679 g/mol. The first-order chi connectivity index (χ1) is 23.2. The molecule has 0 saturated carbocycles. The molecule has 2 unspecified atom stereocenters. The van der Waals surface area contributed by atoms with Crippen LogP contribution < -0.4 is 0 Å². The Morgan fingerprint density at radius 3 is 1.77 bits per heavy atom. The Labute approximate surface area is 277 Å². The number of carbonyl (C=O) groups is 4. The number of aldehydes is 2. The lowest BCUT2D eigenvalue weighted by atomic mass is 10.2.